The Bertz CT molecular complexity index is 1180. The first-order chi connectivity index (χ1) is 13.7. The third-order valence-electron chi connectivity index (χ3n) is 4.69. The number of primary amides is 1. The molecule has 4 aromatic heterocycles. The van der Waals surface area contributed by atoms with Crippen molar-refractivity contribution in [3.63, 3.8) is 0 Å². The quantitative estimate of drug-likeness (QED) is 0.482. The first kappa shape index (κ1) is 16.7. The van der Waals surface area contributed by atoms with E-state index in [0.29, 0.717) is 29.3 Å². The number of hydrogen-bond acceptors (Lipinski definition) is 7. The van der Waals surface area contributed by atoms with Gasteiger partial charge in [0.1, 0.15) is 0 Å². The minimum Gasteiger partial charge on any atom is -0.380 e. The predicted octanol–water partition coefficient (Wildman–Crippen LogP) is 2.53. The van der Waals surface area contributed by atoms with Crippen LogP contribution in [0.15, 0.2) is 42.0 Å². The van der Waals surface area contributed by atoms with Crippen LogP contribution in [0.5, 0.6) is 0 Å². The largest absolute Gasteiger partial charge is 0.380 e. The lowest BCUT2D eigenvalue weighted by atomic mass is 10.2. The van der Waals surface area contributed by atoms with Crippen LogP contribution < -0.4 is 16.4 Å². The molecule has 4 aromatic rings. The highest BCUT2D eigenvalue weighted by molar-refractivity contribution is 7.09. The minimum absolute atomic E-state index is 0.417. The molecule has 5 rings (SSSR count). The molecule has 0 saturated heterocycles. The molecule has 1 aliphatic rings. The Morgan fingerprint density at radius 2 is 2.25 bits per heavy atom. The van der Waals surface area contributed by atoms with Crippen molar-refractivity contribution in [1.29, 1.82) is 0 Å². The topological polar surface area (TPSA) is 110 Å². The zero-order valence-electron chi connectivity index (χ0n) is 14.8. The van der Waals surface area contributed by atoms with E-state index >= 15 is 0 Å². The highest BCUT2D eigenvalue weighted by Crippen LogP contribution is 2.31. The van der Waals surface area contributed by atoms with Crippen LogP contribution in [0.2, 0.25) is 0 Å². The van der Waals surface area contributed by atoms with E-state index in [-0.39, 0.29) is 0 Å². The SMILES string of the molecule is NC(=O)c1cccn2c(-c3nc4c(c(NCc5cccs5)n3)NCC4)ncc12. The van der Waals surface area contributed by atoms with Crippen molar-refractivity contribution in [2.24, 2.45) is 5.73 Å². The number of nitrogens with zero attached hydrogens (tertiary/aromatic N) is 4. The Kier molecular flexibility index (Phi) is 3.94. The van der Waals surface area contributed by atoms with E-state index in [4.69, 9.17) is 15.7 Å². The number of rotatable bonds is 5. The summed E-state index contributed by atoms with van der Waals surface area (Å²) in [4.78, 5) is 26.8. The number of aromatic nitrogens is 4. The molecular formula is C19H17N7OS. The lowest BCUT2D eigenvalue weighted by Gasteiger charge is -2.11. The van der Waals surface area contributed by atoms with E-state index in [9.17, 15) is 4.79 Å². The number of hydrogen-bond donors (Lipinski definition) is 3. The zero-order valence-corrected chi connectivity index (χ0v) is 15.7. The van der Waals surface area contributed by atoms with Gasteiger partial charge >= 0.3 is 0 Å². The number of nitrogens with one attached hydrogen (secondary N) is 2. The van der Waals surface area contributed by atoms with Crippen LogP contribution in [-0.2, 0) is 13.0 Å². The third-order valence-corrected chi connectivity index (χ3v) is 5.57. The fourth-order valence-electron chi connectivity index (χ4n) is 3.39. The molecule has 5 heterocycles. The normalized spacial score (nSPS) is 12.7. The Hall–Kier alpha value is -3.46. The molecule has 28 heavy (non-hydrogen) atoms. The Labute approximate surface area is 164 Å². The number of thiophene rings is 1. The van der Waals surface area contributed by atoms with Crippen LogP contribution in [0.4, 0.5) is 11.5 Å². The number of carbonyl (C=O) groups excluding carboxylic acids is 1. The maximum atomic E-state index is 11.7. The van der Waals surface area contributed by atoms with Crippen molar-refractivity contribution in [2.75, 3.05) is 17.2 Å². The molecule has 0 spiro atoms. The molecule has 0 aliphatic carbocycles. The van der Waals surface area contributed by atoms with Gasteiger partial charge in [-0.15, -0.1) is 11.3 Å². The minimum atomic E-state index is -0.491. The van der Waals surface area contributed by atoms with Crippen molar-refractivity contribution in [3.8, 4) is 11.6 Å². The molecule has 0 bridgehead atoms. The lowest BCUT2D eigenvalue weighted by molar-refractivity contribution is 0.100. The summed E-state index contributed by atoms with van der Waals surface area (Å²) in [6, 6.07) is 7.57. The number of pyridine rings is 1. The maximum absolute atomic E-state index is 11.7. The van der Waals surface area contributed by atoms with Gasteiger partial charge in [-0.25, -0.2) is 15.0 Å². The molecule has 0 saturated carbocycles. The zero-order chi connectivity index (χ0) is 19.1. The molecule has 8 nitrogen and oxygen atoms in total. The number of anilines is 2. The second kappa shape index (κ2) is 6.61. The summed E-state index contributed by atoms with van der Waals surface area (Å²) in [6.07, 6.45) is 4.29. The summed E-state index contributed by atoms with van der Waals surface area (Å²) >= 11 is 1.70. The van der Waals surface area contributed by atoms with Gasteiger partial charge in [0.2, 0.25) is 0 Å². The molecule has 0 atom stereocenters. The summed E-state index contributed by atoms with van der Waals surface area (Å²) in [6.45, 7) is 1.52. The molecule has 9 heteroatoms. The average molecular weight is 391 g/mol. The van der Waals surface area contributed by atoms with Crippen molar-refractivity contribution in [1.82, 2.24) is 19.4 Å². The molecule has 0 fully saturated rings. The number of fused-ring (bicyclic) bond motifs is 2. The van der Waals surface area contributed by atoms with Crippen molar-refractivity contribution in [2.45, 2.75) is 13.0 Å². The fourth-order valence-corrected chi connectivity index (χ4v) is 4.03. The van der Waals surface area contributed by atoms with Crippen LogP contribution >= 0.6 is 11.3 Å². The van der Waals surface area contributed by atoms with Gasteiger partial charge < -0.3 is 16.4 Å². The summed E-state index contributed by atoms with van der Waals surface area (Å²) in [7, 11) is 0. The van der Waals surface area contributed by atoms with Crippen LogP contribution in [-0.4, -0.2) is 31.8 Å². The van der Waals surface area contributed by atoms with E-state index in [1.165, 1.54) is 4.88 Å². The second-order valence-electron chi connectivity index (χ2n) is 6.45. The number of carbonyl (C=O) groups is 1. The molecule has 0 radical (unpaired) electrons. The predicted molar refractivity (Wildman–Crippen MR) is 109 cm³/mol. The van der Waals surface area contributed by atoms with E-state index < -0.39 is 5.91 Å². The van der Waals surface area contributed by atoms with Crippen LogP contribution in [0.3, 0.4) is 0 Å². The summed E-state index contributed by atoms with van der Waals surface area (Å²) in [5, 5.41) is 8.83. The van der Waals surface area contributed by atoms with Gasteiger partial charge in [-0.1, -0.05) is 6.07 Å². The van der Waals surface area contributed by atoms with Crippen molar-refractivity contribution >= 4 is 34.3 Å². The first-order valence-electron chi connectivity index (χ1n) is 8.88. The average Bonchev–Trinajstić information content (AvgIpc) is 3.45. The van der Waals surface area contributed by atoms with Crippen LogP contribution in [0, 0.1) is 0 Å². The number of imidazole rings is 1. The van der Waals surface area contributed by atoms with E-state index in [2.05, 4.69) is 27.1 Å². The fraction of sp³-hybridized carbons (Fsp3) is 0.158. The summed E-state index contributed by atoms with van der Waals surface area (Å²) in [5.41, 5.74) is 8.44. The van der Waals surface area contributed by atoms with Gasteiger partial charge in [-0.05, 0) is 23.6 Å². The highest BCUT2D eigenvalue weighted by atomic mass is 32.1. The molecule has 0 unspecified atom stereocenters. The summed E-state index contributed by atoms with van der Waals surface area (Å²) < 4.78 is 1.80. The highest BCUT2D eigenvalue weighted by Gasteiger charge is 2.22. The second-order valence-corrected chi connectivity index (χ2v) is 7.48. The Balaban J connectivity index is 1.59. The van der Waals surface area contributed by atoms with Crippen LogP contribution in [0.1, 0.15) is 20.9 Å². The van der Waals surface area contributed by atoms with Crippen molar-refractivity contribution in [3.05, 3.63) is 58.2 Å². The van der Waals surface area contributed by atoms with E-state index in [1.807, 2.05) is 12.3 Å². The van der Waals surface area contributed by atoms with Gasteiger partial charge in [0.15, 0.2) is 17.5 Å². The first-order valence-corrected chi connectivity index (χ1v) is 9.76. The molecule has 1 amide bonds. The molecule has 4 N–H and O–H groups in total. The van der Waals surface area contributed by atoms with Gasteiger partial charge in [-0.3, -0.25) is 9.20 Å². The molecule has 1 aliphatic heterocycles. The van der Waals surface area contributed by atoms with E-state index in [1.54, 1.807) is 34.1 Å². The van der Waals surface area contributed by atoms with Gasteiger partial charge in [0.05, 0.1) is 35.2 Å². The van der Waals surface area contributed by atoms with E-state index in [0.717, 1.165) is 30.2 Å². The molecular weight excluding hydrogens is 374 g/mol. The Morgan fingerprint density at radius 1 is 1.32 bits per heavy atom. The Morgan fingerprint density at radius 3 is 3.07 bits per heavy atom. The molecule has 140 valence electrons. The molecule has 0 aromatic carbocycles. The third kappa shape index (κ3) is 2.76. The monoisotopic (exact) mass is 391 g/mol. The number of amides is 1. The van der Waals surface area contributed by atoms with Crippen molar-refractivity contribution < 1.29 is 4.79 Å². The van der Waals surface area contributed by atoms with Gasteiger partial charge in [0, 0.05) is 24.0 Å². The maximum Gasteiger partial charge on any atom is 0.250 e. The lowest BCUT2D eigenvalue weighted by Crippen LogP contribution is -2.12. The summed E-state index contributed by atoms with van der Waals surface area (Å²) in [5.74, 6) is 1.35. The van der Waals surface area contributed by atoms with Gasteiger partial charge in [0.25, 0.3) is 5.91 Å². The number of nitrogens with two attached hydrogens (primary N) is 1. The smallest absolute Gasteiger partial charge is 0.250 e. The van der Waals surface area contributed by atoms with Crippen LogP contribution in [0.25, 0.3) is 17.2 Å². The van der Waals surface area contributed by atoms with Gasteiger partial charge in [-0.2, -0.15) is 0 Å². The standard InChI is InChI=1S/C19H17N7OS/c20-16(27)12-4-1-7-26-14(12)10-23-19(26)18-24-13-5-6-21-15(13)17(25-18)22-9-11-3-2-8-28-11/h1-4,7-8,10,21H,5-6,9H2,(H2,20,27)(H,22,24,25).